The molecular weight excluding hydrogens is 427 g/mol. The molecule has 0 aliphatic carbocycles. The lowest BCUT2D eigenvalue weighted by atomic mass is 10.1. The number of fused-ring (bicyclic) bond motifs is 3. The van der Waals surface area contributed by atoms with Crippen molar-refractivity contribution in [1.29, 1.82) is 0 Å². The van der Waals surface area contributed by atoms with Gasteiger partial charge in [-0.25, -0.2) is 4.98 Å². The molecule has 2 aromatic heterocycles. The Labute approximate surface area is 170 Å². The predicted molar refractivity (Wildman–Crippen MR) is 106 cm³/mol. The van der Waals surface area contributed by atoms with Crippen LogP contribution >= 0.6 is 22.9 Å². The van der Waals surface area contributed by atoms with E-state index in [1.165, 1.54) is 23.7 Å². The zero-order valence-corrected chi connectivity index (χ0v) is 16.0. The van der Waals surface area contributed by atoms with Crippen LogP contribution in [0.3, 0.4) is 0 Å². The van der Waals surface area contributed by atoms with Crippen molar-refractivity contribution in [2.75, 3.05) is 5.32 Å². The van der Waals surface area contributed by atoms with Crippen LogP contribution in [0.15, 0.2) is 53.6 Å². The van der Waals surface area contributed by atoms with Gasteiger partial charge in [0.25, 0.3) is 5.56 Å². The molecule has 1 amide bonds. The number of carbonyl (C=O) groups is 1. The van der Waals surface area contributed by atoms with Crippen LogP contribution in [0.25, 0.3) is 20.3 Å². The molecule has 5 nitrogen and oxygen atoms in total. The Morgan fingerprint density at radius 2 is 1.97 bits per heavy atom. The van der Waals surface area contributed by atoms with Crippen LogP contribution in [0.5, 0.6) is 0 Å². The number of hydrogen-bond donors (Lipinski definition) is 1. The van der Waals surface area contributed by atoms with E-state index in [4.69, 9.17) is 11.6 Å². The molecule has 2 heterocycles. The number of aromatic nitrogens is 2. The first-order chi connectivity index (χ1) is 13.7. The molecule has 0 saturated heterocycles. The van der Waals surface area contributed by atoms with E-state index in [-0.39, 0.29) is 5.02 Å². The van der Waals surface area contributed by atoms with Crippen molar-refractivity contribution in [2.45, 2.75) is 12.7 Å². The van der Waals surface area contributed by atoms with Gasteiger partial charge in [0.1, 0.15) is 11.2 Å². The lowest BCUT2D eigenvalue weighted by molar-refractivity contribution is -0.137. The first-order valence-electron chi connectivity index (χ1n) is 8.27. The monoisotopic (exact) mass is 437 g/mol. The number of benzene rings is 2. The highest BCUT2D eigenvalue weighted by atomic mass is 35.5. The van der Waals surface area contributed by atoms with Gasteiger partial charge in [0.05, 0.1) is 23.1 Å². The summed E-state index contributed by atoms with van der Waals surface area (Å²) < 4.78 is 41.8. The molecule has 0 fully saturated rings. The van der Waals surface area contributed by atoms with Gasteiger partial charge in [-0.3, -0.25) is 14.2 Å². The lowest BCUT2D eigenvalue weighted by Gasteiger charge is -2.14. The van der Waals surface area contributed by atoms with Crippen molar-refractivity contribution >= 4 is 54.8 Å². The summed E-state index contributed by atoms with van der Waals surface area (Å²) in [5.74, 6) is -0.790. The van der Waals surface area contributed by atoms with Crippen molar-refractivity contribution in [3.05, 3.63) is 69.7 Å². The summed E-state index contributed by atoms with van der Waals surface area (Å²) in [6.45, 7) is -0.476. The van der Waals surface area contributed by atoms with E-state index in [1.54, 1.807) is 0 Å². The summed E-state index contributed by atoms with van der Waals surface area (Å²) in [4.78, 5) is 29.3. The van der Waals surface area contributed by atoms with Crippen LogP contribution in [0.4, 0.5) is 18.9 Å². The molecule has 148 valence electrons. The van der Waals surface area contributed by atoms with Crippen molar-refractivity contribution in [2.24, 2.45) is 0 Å². The van der Waals surface area contributed by atoms with Gasteiger partial charge in [-0.1, -0.05) is 29.8 Å². The highest BCUT2D eigenvalue weighted by Gasteiger charge is 2.34. The number of thiophene rings is 1. The van der Waals surface area contributed by atoms with Crippen LogP contribution < -0.4 is 10.9 Å². The smallest absolute Gasteiger partial charge is 0.324 e. The molecule has 0 saturated carbocycles. The van der Waals surface area contributed by atoms with Crippen LogP contribution in [0.1, 0.15) is 5.56 Å². The van der Waals surface area contributed by atoms with Gasteiger partial charge in [-0.2, -0.15) is 13.2 Å². The minimum atomic E-state index is -4.69. The molecule has 1 N–H and O–H groups in total. The number of halogens is 4. The van der Waals surface area contributed by atoms with Gasteiger partial charge in [0.2, 0.25) is 5.91 Å². The van der Waals surface area contributed by atoms with Gasteiger partial charge >= 0.3 is 6.18 Å². The van der Waals surface area contributed by atoms with Crippen LogP contribution in [-0.2, 0) is 17.5 Å². The zero-order valence-electron chi connectivity index (χ0n) is 14.5. The molecule has 0 aliphatic rings. The number of amides is 1. The second-order valence-electron chi connectivity index (χ2n) is 6.19. The van der Waals surface area contributed by atoms with Gasteiger partial charge in [-0.15, -0.1) is 11.3 Å². The second-order valence-corrected chi connectivity index (χ2v) is 7.68. The van der Waals surface area contributed by atoms with Crippen molar-refractivity contribution in [3.8, 4) is 0 Å². The molecule has 0 radical (unpaired) electrons. The molecule has 0 unspecified atom stereocenters. The molecule has 4 aromatic rings. The molecule has 10 heteroatoms. The Morgan fingerprint density at radius 1 is 1.21 bits per heavy atom. The molecule has 4 rings (SSSR count). The van der Waals surface area contributed by atoms with E-state index >= 15 is 0 Å². The molecule has 2 aromatic carbocycles. The third kappa shape index (κ3) is 3.70. The Hall–Kier alpha value is -2.91. The molecule has 0 bridgehead atoms. The summed E-state index contributed by atoms with van der Waals surface area (Å²) in [6.07, 6.45) is -3.47. The minimum Gasteiger partial charge on any atom is -0.324 e. The topological polar surface area (TPSA) is 64.0 Å². The third-order valence-electron chi connectivity index (χ3n) is 4.23. The maximum absolute atomic E-state index is 13.2. The van der Waals surface area contributed by atoms with Crippen LogP contribution in [0, 0.1) is 0 Å². The van der Waals surface area contributed by atoms with E-state index in [2.05, 4.69) is 10.3 Å². The summed E-state index contributed by atoms with van der Waals surface area (Å²) in [7, 11) is 0. The average Bonchev–Trinajstić information content (AvgIpc) is 3.04. The third-order valence-corrected chi connectivity index (χ3v) is 5.61. The molecule has 0 spiro atoms. The lowest BCUT2D eigenvalue weighted by Crippen LogP contribution is -2.28. The normalized spacial score (nSPS) is 11.9. The van der Waals surface area contributed by atoms with E-state index in [9.17, 15) is 22.8 Å². The van der Waals surface area contributed by atoms with Gasteiger partial charge < -0.3 is 5.32 Å². The number of carbonyl (C=O) groups excluding carboxylic acids is 1. The first kappa shape index (κ1) is 19.4. The first-order valence-corrected chi connectivity index (χ1v) is 9.47. The summed E-state index contributed by atoms with van der Waals surface area (Å²) >= 11 is 6.88. The minimum absolute atomic E-state index is 0.106. The van der Waals surface area contributed by atoms with Crippen LogP contribution in [-0.4, -0.2) is 15.5 Å². The SMILES string of the molecule is O=C(Cn1cnc2c(sc3ccccc32)c1=O)Nc1ccc(Cl)cc1C(F)(F)F. The summed E-state index contributed by atoms with van der Waals surface area (Å²) in [6, 6.07) is 10.4. The van der Waals surface area contributed by atoms with Crippen molar-refractivity contribution < 1.29 is 18.0 Å². The Kier molecular flexibility index (Phi) is 4.79. The highest BCUT2D eigenvalue weighted by molar-refractivity contribution is 7.25. The number of anilines is 1. The number of nitrogens with zero attached hydrogens (tertiary/aromatic N) is 2. The number of hydrogen-bond acceptors (Lipinski definition) is 4. The van der Waals surface area contributed by atoms with Gasteiger partial charge in [-0.05, 0) is 24.3 Å². The summed E-state index contributed by atoms with van der Waals surface area (Å²) in [5.41, 5.74) is -1.40. The maximum Gasteiger partial charge on any atom is 0.418 e. The molecule has 0 atom stereocenters. The van der Waals surface area contributed by atoms with Crippen molar-refractivity contribution in [1.82, 2.24) is 9.55 Å². The van der Waals surface area contributed by atoms with E-state index < -0.39 is 35.4 Å². The highest BCUT2D eigenvalue weighted by Crippen LogP contribution is 2.36. The Balaban J connectivity index is 1.64. The van der Waals surface area contributed by atoms with Gasteiger partial charge in [0, 0.05) is 15.1 Å². The van der Waals surface area contributed by atoms with E-state index in [0.717, 1.165) is 26.8 Å². The van der Waals surface area contributed by atoms with Gasteiger partial charge in [0.15, 0.2) is 0 Å². The standard InChI is InChI=1S/C19H11ClF3N3O2S/c20-10-5-6-13(12(7-10)19(21,22)23)25-15(27)8-26-9-24-16-11-3-1-2-4-14(11)29-17(16)18(26)28/h1-7,9H,8H2,(H,25,27). The largest absolute Gasteiger partial charge is 0.418 e. The van der Waals surface area contributed by atoms with E-state index in [1.807, 2.05) is 24.3 Å². The number of rotatable bonds is 3. The van der Waals surface area contributed by atoms with Crippen LogP contribution in [0.2, 0.25) is 5.02 Å². The Morgan fingerprint density at radius 3 is 2.72 bits per heavy atom. The number of nitrogens with one attached hydrogen (secondary N) is 1. The number of alkyl halides is 3. The predicted octanol–water partition coefficient (Wildman–Crippen LogP) is 4.92. The van der Waals surface area contributed by atoms with E-state index in [0.29, 0.717) is 10.2 Å². The maximum atomic E-state index is 13.2. The fourth-order valence-corrected chi connectivity index (χ4v) is 4.21. The summed E-state index contributed by atoms with van der Waals surface area (Å²) in [5, 5.41) is 2.92. The fourth-order valence-electron chi connectivity index (χ4n) is 2.93. The molecule has 29 heavy (non-hydrogen) atoms. The molecule has 0 aliphatic heterocycles. The average molecular weight is 438 g/mol. The van der Waals surface area contributed by atoms with Crippen molar-refractivity contribution in [3.63, 3.8) is 0 Å². The fraction of sp³-hybridized carbons (Fsp3) is 0.105. The molecular formula is C19H11ClF3N3O2S. The quantitative estimate of drug-likeness (QED) is 0.494. The Bertz CT molecular complexity index is 1310. The second kappa shape index (κ2) is 7.16. The zero-order chi connectivity index (χ0) is 20.8.